The zero-order valence-electron chi connectivity index (χ0n) is 11.6. The van der Waals surface area contributed by atoms with Gasteiger partial charge < -0.3 is 20.1 Å². The van der Waals surface area contributed by atoms with Gasteiger partial charge in [0.05, 0.1) is 31.4 Å². The van der Waals surface area contributed by atoms with Crippen LogP contribution < -0.4 is 5.32 Å². The van der Waals surface area contributed by atoms with Gasteiger partial charge in [0.1, 0.15) is 0 Å². The molecule has 0 aromatic heterocycles. The molecule has 0 aliphatic carbocycles. The van der Waals surface area contributed by atoms with Crippen molar-refractivity contribution in [3.05, 3.63) is 28.2 Å². The van der Waals surface area contributed by atoms with Crippen molar-refractivity contribution in [2.45, 2.75) is 19.4 Å². The van der Waals surface area contributed by atoms with Crippen LogP contribution in [0.1, 0.15) is 12.0 Å². The molecule has 1 unspecified atom stereocenters. The number of hydrogen-bond donors (Lipinski definition) is 2. The zero-order valence-corrected chi connectivity index (χ0v) is 13.2. The highest BCUT2D eigenvalue weighted by molar-refractivity contribution is 9.10. The number of rotatable bonds is 3. The van der Waals surface area contributed by atoms with E-state index in [1.165, 1.54) is 4.90 Å². The Morgan fingerprint density at radius 3 is 3.00 bits per heavy atom. The first-order chi connectivity index (χ1) is 9.99. The average molecular weight is 357 g/mol. The number of carboxylic acids is 1. The summed E-state index contributed by atoms with van der Waals surface area (Å²) in [6.07, 6.45) is -0.123. The molecule has 2 N–H and O–H groups in total. The zero-order chi connectivity index (χ0) is 15.4. The number of carbonyl (C=O) groups is 2. The second-order valence-electron chi connectivity index (χ2n) is 4.89. The van der Waals surface area contributed by atoms with E-state index >= 15 is 0 Å². The van der Waals surface area contributed by atoms with Crippen molar-refractivity contribution in [1.82, 2.24) is 4.90 Å². The van der Waals surface area contributed by atoms with Crippen LogP contribution >= 0.6 is 15.9 Å². The number of nitrogens with zero attached hydrogens (tertiary/aromatic N) is 1. The Morgan fingerprint density at radius 2 is 2.29 bits per heavy atom. The fraction of sp³-hybridized carbons (Fsp3) is 0.429. The fourth-order valence-corrected chi connectivity index (χ4v) is 2.59. The van der Waals surface area contributed by atoms with Gasteiger partial charge >= 0.3 is 12.0 Å². The lowest BCUT2D eigenvalue weighted by molar-refractivity contribution is -0.139. The molecule has 1 fully saturated rings. The lowest BCUT2D eigenvalue weighted by atomic mass is 10.1. The number of carbonyl (C=O) groups excluding carboxylic acids is 1. The molecule has 114 valence electrons. The summed E-state index contributed by atoms with van der Waals surface area (Å²) < 4.78 is 6.08. The minimum absolute atomic E-state index is 0.123. The molecule has 0 spiro atoms. The van der Waals surface area contributed by atoms with Crippen molar-refractivity contribution >= 4 is 33.6 Å². The normalized spacial score (nSPS) is 18.4. The molecule has 0 radical (unpaired) electrons. The topological polar surface area (TPSA) is 78.9 Å². The Bertz CT molecular complexity index is 550. The van der Waals surface area contributed by atoms with E-state index in [2.05, 4.69) is 21.2 Å². The van der Waals surface area contributed by atoms with Crippen LogP contribution in [0.15, 0.2) is 22.7 Å². The van der Waals surface area contributed by atoms with E-state index in [0.29, 0.717) is 18.8 Å². The third-order valence-corrected chi connectivity index (χ3v) is 4.38. The maximum absolute atomic E-state index is 12.4. The highest BCUT2D eigenvalue weighted by Gasteiger charge is 2.29. The van der Waals surface area contributed by atoms with Gasteiger partial charge in [0.25, 0.3) is 0 Å². The summed E-state index contributed by atoms with van der Waals surface area (Å²) in [7, 11) is 0. The Balaban J connectivity index is 2.10. The monoisotopic (exact) mass is 356 g/mol. The molecule has 2 amide bonds. The molecule has 0 saturated carbocycles. The largest absolute Gasteiger partial charge is 0.481 e. The quantitative estimate of drug-likeness (QED) is 0.871. The predicted octanol–water partition coefficient (Wildman–Crippen LogP) is 2.46. The van der Waals surface area contributed by atoms with Gasteiger partial charge in [-0.05, 0) is 34.5 Å². The van der Waals surface area contributed by atoms with E-state index in [1.807, 2.05) is 19.1 Å². The third-order valence-electron chi connectivity index (χ3n) is 3.33. The van der Waals surface area contributed by atoms with Crippen molar-refractivity contribution in [2.75, 3.05) is 25.1 Å². The number of morpholine rings is 1. The van der Waals surface area contributed by atoms with Gasteiger partial charge in [-0.1, -0.05) is 12.1 Å². The number of amides is 2. The van der Waals surface area contributed by atoms with Crippen LogP contribution in [0.4, 0.5) is 10.5 Å². The molecule has 1 aliphatic heterocycles. The maximum atomic E-state index is 12.4. The van der Waals surface area contributed by atoms with Crippen LogP contribution in [0.25, 0.3) is 0 Å². The predicted molar refractivity (Wildman–Crippen MR) is 81.5 cm³/mol. The first-order valence-corrected chi connectivity index (χ1v) is 7.40. The summed E-state index contributed by atoms with van der Waals surface area (Å²) in [5.74, 6) is -0.944. The van der Waals surface area contributed by atoms with E-state index < -0.39 is 12.0 Å². The first kappa shape index (κ1) is 15.8. The summed E-state index contributed by atoms with van der Waals surface area (Å²) in [5, 5.41) is 11.7. The van der Waals surface area contributed by atoms with Crippen LogP contribution in [0.3, 0.4) is 0 Å². The number of aliphatic carboxylic acids is 1. The number of benzene rings is 1. The molecule has 1 saturated heterocycles. The van der Waals surface area contributed by atoms with E-state index in [4.69, 9.17) is 9.84 Å². The van der Waals surface area contributed by atoms with Gasteiger partial charge in [-0.25, -0.2) is 4.79 Å². The smallest absolute Gasteiger partial charge is 0.322 e. The SMILES string of the molecule is Cc1cccc(NC(=O)N2CCOCC2CC(=O)O)c1Br. The maximum Gasteiger partial charge on any atom is 0.322 e. The number of nitrogens with one attached hydrogen (secondary N) is 1. The Morgan fingerprint density at radius 1 is 1.52 bits per heavy atom. The van der Waals surface area contributed by atoms with Gasteiger partial charge in [0.2, 0.25) is 0 Å². The second kappa shape index (κ2) is 6.91. The van der Waals surface area contributed by atoms with Crippen molar-refractivity contribution in [1.29, 1.82) is 0 Å². The van der Waals surface area contributed by atoms with Crippen molar-refractivity contribution in [3.8, 4) is 0 Å². The standard InChI is InChI=1S/C14H17BrN2O4/c1-9-3-2-4-11(13(9)15)16-14(20)17-5-6-21-8-10(17)7-12(18)19/h2-4,10H,5-8H2,1H3,(H,16,20)(H,18,19). The molecule has 1 aromatic rings. The van der Waals surface area contributed by atoms with Gasteiger partial charge in [-0.3, -0.25) is 4.79 Å². The molecule has 21 heavy (non-hydrogen) atoms. The summed E-state index contributed by atoms with van der Waals surface area (Å²) in [4.78, 5) is 24.8. The summed E-state index contributed by atoms with van der Waals surface area (Å²) in [6, 6.07) is 4.82. The molecule has 1 atom stereocenters. The van der Waals surface area contributed by atoms with E-state index in [9.17, 15) is 9.59 Å². The summed E-state index contributed by atoms with van der Waals surface area (Å²) in [6.45, 7) is 2.97. The second-order valence-corrected chi connectivity index (χ2v) is 5.68. The van der Waals surface area contributed by atoms with Gasteiger partial charge in [-0.15, -0.1) is 0 Å². The lowest BCUT2D eigenvalue weighted by Gasteiger charge is -2.34. The van der Waals surface area contributed by atoms with E-state index in [1.54, 1.807) is 6.07 Å². The number of anilines is 1. The number of halogens is 1. The van der Waals surface area contributed by atoms with Gasteiger partial charge in [0, 0.05) is 11.0 Å². The molecule has 1 aliphatic rings. The van der Waals surface area contributed by atoms with E-state index in [-0.39, 0.29) is 19.1 Å². The van der Waals surface area contributed by atoms with Crippen molar-refractivity contribution in [2.24, 2.45) is 0 Å². The number of carboxylic acid groups (broad SMARTS) is 1. The van der Waals surface area contributed by atoms with Crippen molar-refractivity contribution in [3.63, 3.8) is 0 Å². The summed E-state index contributed by atoms with van der Waals surface area (Å²) in [5.41, 5.74) is 1.68. The number of aryl methyl sites for hydroxylation is 1. The molecule has 1 aromatic carbocycles. The lowest BCUT2D eigenvalue weighted by Crippen LogP contribution is -2.51. The fourth-order valence-electron chi connectivity index (χ4n) is 2.22. The minimum atomic E-state index is -0.944. The first-order valence-electron chi connectivity index (χ1n) is 6.61. The van der Waals surface area contributed by atoms with Crippen LogP contribution in [-0.2, 0) is 9.53 Å². The van der Waals surface area contributed by atoms with E-state index in [0.717, 1.165) is 10.0 Å². The van der Waals surface area contributed by atoms with Crippen LogP contribution in [0.5, 0.6) is 0 Å². The molecule has 1 heterocycles. The minimum Gasteiger partial charge on any atom is -0.481 e. The van der Waals surface area contributed by atoms with Crippen LogP contribution in [0.2, 0.25) is 0 Å². The summed E-state index contributed by atoms with van der Waals surface area (Å²) >= 11 is 3.44. The molecule has 2 rings (SSSR count). The average Bonchev–Trinajstić information content (AvgIpc) is 2.44. The van der Waals surface area contributed by atoms with Gasteiger partial charge in [0.15, 0.2) is 0 Å². The highest BCUT2D eigenvalue weighted by Crippen LogP contribution is 2.26. The molecule has 0 bridgehead atoms. The van der Waals surface area contributed by atoms with Crippen LogP contribution in [-0.4, -0.2) is 47.8 Å². The molecular weight excluding hydrogens is 340 g/mol. The molecule has 6 nitrogen and oxygen atoms in total. The highest BCUT2D eigenvalue weighted by atomic mass is 79.9. The van der Waals surface area contributed by atoms with Crippen LogP contribution in [0, 0.1) is 6.92 Å². The number of hydrogen-bond acceptors (Lipinski definition) is 3. The van der Waals surface area contributed by atoms with Gasteiger partial charge in [-0.2, -0.15) is 0 Å². The third kappa shape index (κ3) is 3.95. The Kier molecular flexibility index (Phi) is 5.19. The molecular formula is C14H17BrN2O4. The van der Waals surface area contributed by atoms with Crippen molar-refractivity contribution < 1.29 is 19.4 Å². The molecule has 7 heteroatoms. The Labute approximate surface area is 131 Å². The number of urea groups is 1. The Hall–Kier alpha value is -1.60. The number of ether oxygens (including phenoxy) is 1.